The molecule has 2 aromatic carbocycles. The highest BCUT2D eigenvalue weighted by molar-refractivity contribution is 7.99. The molecular formula is C15H16N2OS. The van der Waals surface area contributed by atoms with Crippen LogP contribution in [-0.4, -0.2) is 11.9 Å². The van der Waals surface area contributed by atoms with Gasteiger partial charge in [0.15, 0.2) is 0 Å². The fourth-order valence-electron chi connectivity index (χ4n) is 1.52. The van der Waals surface area contributed by atoms with Crippen molar-refractivity contribution in [2.45, 2.75) is 22.8 Å². The van der Waals surface area contributed by atoms with Crippen LogP contribution in [0.3, 0.4) is 0 Å². The van der Waals surface area contributed by atoms with E-state index >= 15 is 0 Å². The van der Waals surface area contributed by atoms with Crippen molar-refractivity contribution in [3.63, 3.8) is 0 Å². The third kappa shape index (κ3) is 4.12. The molecule has 0 saturated carbocycles. The summed E-state index contributed by atoms with van der Waals surface area (Å²) in [5, 5.41) is 2.79. The lowest BCUT2D eigenvalue weighted by atomic mass is 10.3. The van der Waals surface area contributed by atoms with E-state index in [1.165, 1.54) is 0 Å². The first kappa shape index (κ1) is 13.6. The van der Waals surface area contributed by atoms with Crippen LogP contribution < -0.4 is 11.1 Å². The summed E-state index contributed by atoms with van der Waals surface area (Å²) in [6, 6.07) is 17.3. The minimum absolute atomic E-state index is 0.179. The summed E-state index contributed by atoms with van der Waals surface area (Å²) in [6.45, 7) is 1.66. The van der Waals surface area contributed by atoms with E-state index in [0.29, 0.717) is 0 Å². The second-order valence-electron chi connectivity index (χ2n) is 4.22. The average Bonchev–Trinajstić information content (AvgIpc) is 2.40. The van der Waals surface area contributed by atoms with Gasteiger partial charge < -0.3 is 11.1 Å². The van der Waals surface area contributed by atoms with Crippen molar-refractivity contribution in [1.29, 1.82) is 0 Å². The number of hydrogen-bond donors (Lipinski definition) is 2. The van der Waals surface area contributed by atoms with Gasteiger partial charge in [-0.15, -0.1) is 0 Å². The minimum Gasteiger partial charge on any atom is -0.325 e. The van der Waals surface area contributed by atoms with Crippen molar-refractivity contribution in [2.75, 3.05) is 5.32 Å². The second-order valence-corrected chi connectivity index (χ2v) is 5.37. The Bertz CT molecular complexity index is 555. The monoisotopic (exact) mass is 272 g/mol. The summed E-state index contributed by atoms with van der Waals surface area (Å²) in [5.41, 5.74) is 6.30. The maximum Gasteiger partial charge on any atom is 0.240 e. The first-order valence-corrected chi connectivity index (χ1v) is 6.86. The summed E-state index contributed by atoms with van der Waals surface area (Å²) in [4.78, 5) is 13.8. The Hall–Kier alpha value is -1.78. The maximum atomic E-state index is 11.5. The summed E-state index contributed by atoms with van der Waals surface area (Å²) in [7, 11) is 0. The zero-order valence-electron chi connectivity index (χ0n) is 10.7. The topological polar surface area (TPSA) is 55.1 Å². The van der Waals surface area contributed by atoms with Gasteiger partial charge in [-0.2, -0.15) is 0 Å². The van der Waals surface area contributed by atoms with Crippen molar-refractivity contribution in [3.8, 4) is 0 Å². The predicted molar refractivity (Wildman–Crippen MR) is 79.3 cm³/mol. The highest BCUT2D eigenvalue weighted by Gasteiger charge is 2.07. The van der Waals surface area contributed by atoms with Gasteiger partial charge in [0.2, 0.25) is 5.91 Å². The number of hydrogen-bond acceptors (Lipinski definition) is 3. The van der Waals surface area contributed by atoms with E-state index in [4.69, 9.17) is 5.73 Å². The molecule has 0 aliphatic heterocycles. The molecule has 1 unspecified atom stereocenters. The molecule has 0 bridgehead atoms. The number of anilines is 1. The summed E-state index contributed by atoms with van der Waals surface area (Å²) < 4.78 is 0. The molecule has 0 aliphatic carbocycles. The molecule has 3 nitrogen and oxygen atoms in total. The smallest absolute Gasteiger partial charge is 0.240 e. The largest absolute Gasteiger partial charge is 0.325 e. The summed E-state index contributed by atoms with van der Waals surface area (Å²) in [5.74, 6) is -0.179. The number of amides is 1. The first-order valence-electron chi connectivity index (χ1n) is 6.04. The minimum atomic E-state index is -0.509. The summed E-state index contributed by atoms with van der Waals surface area (Å²) in [6.07, 6.45) is 0. The standard InChI is InChI=1S/C15H16N2OS/c1-11(16)15(18)17-12-6-5-9-14(10-12)19-13-7-3-2-4-8-13/h2-11H,16H2,1H3,(H,17,18). The Morgan fingerprint density at radius 3 is 2.47 bits per heavy atom. The van der Waals surface area contributed by atoms with E-state index in [-0.39, 0.29) is 5.91 Å². The molecule has 0 saturated heterocycles. The number of benzene rings is 2. The molecule has 0 radical (unpaired) electrons. The van der Waals surface area contributed by atoms with Crippen LogP contribution in [0.2, 0.25) is 0 Å². The van der Waals surface area contributed by atoms with Crippen LogP contribution in [0.5, 0.6) is 0 Å². The van der Waals surface area contributed by atoms with Crippen molar-refractivity contribution >= 4 is 23.4 Å². The number of nitrogens with one attached hydrogen (secondary N) is 1. The second kappa shape index (κ2) is 6.41. The molecule has 3 N–H and O–H groups in total. The molecular weight excluding hydrogens is 256 g/mol. The van der Waals surface area contributed by atoms with Crippen LogP contribution in [0.1, 0.15) is 6.92 Å². The molecule has 0 aliphatic rings. The lowest BCUT2D eigenvalue weighted by Crippen LogP contribution is -2.32. The Labute approximate surface area is 117 Å². The van der Waals surface area contributed by atoms with Gasteiger partial charge in [0.25, 0.3) is 0 Å². The van der Waals surface area contributed by atoms with Crippen LogP contribution >= 0.6 is 11.8 Å². The zero-order chi connectivity index (χ0) is 13.7. The van der Waals surface area contributed by atoms with Crippen LogP contribution in [0.15, 0.2) is 64.4 Å². The van der Waals surface area contributed by atoms with Crippen molar-refractivity contribution in [3.05, 3.63) is 54.6 Å². The third-order valence-corrected chi connectivity index (χ3v) is 3.49. The quantitative estimate of drug-likeness (QED) is 0.899. The fraction of sp³-hybridized carbons (Fsp3) is 0.133. The van der Waals surface area contributed by atoms with E-state index in [0.717, 1.165) is 15.5 Å². The van der Waals surface area contributed by atoms with Crippen LogP contribution in [0, 0.1) is 0 Å². The first-order chi connectivity index (χ1) is 9.15. The van der Waals surface area contributed by atoms with Crippen molar-refractivity contribution < 1.29 is 4.79 Å². The molecule has 0 aromatic heterocycles. The molecule has 19 heavy (non-hydrogen) atoms. The fourth-order valence-corrected chi connectivity index (χ4v) is 2.42. The highest BCUT2D eigenvalue weighted by Crippen LogP contribution is 2.28. The molecule has 0 fully saturated rings. The molecule has 4 heteroatoms. The van der Waals surface area contributed by atoms with E-state index in [1.54, 1.807) is 18.7 Å². The van der Waals surface area contributed by atoms with Gasteiger partial charge in [0, 0.05) is 15.5 Å². The zero-order valence-corrected chi connectivity index (χ0v) is 11.5. The Morgan fingerprint density at radius 2 is 1.79 bits per heavy atom. The molecule has 1 atom stereocenters. The number of carbonyl (C=O) groups is 1. The Kier molecular flexibility index (Phi) is 4.60. The molecule has 0 heterocycles. The lowest BCUT2D eigenvalue weighted by Gasteiger charge is -2.09. The molecule has 98 valence electrons. The van der Waals surface area contributed by atoms with Gasteiger partial charge in [-0.1, -0.05) is 36.0 Å². The van der Waals surface area contributed by atoms with Gasteiger partial charge in [-0.25, -0.2) is 0 Å². The van der Waals surface area contributed by atoms with Gasteiger partial charge in [0.05, 0.1) is 6.04 Å². The van der Waals surface area contributed by atoms with Crippen LogP contribution in [0.25, 0.3) is 0 Å². The Balaban J connectivity index is 2.09. The SMILES string of the molecule is CC(N)C(=O)Nc1cccc(Sc2ccccc2)c1. The van der Waals surface area contributed by atoms with Crippen LogP contribution in [0.4, 0.5) is 5.69 Å². The number of carbonyl (C=O) groups excluding carboxylic acids is 1. The van der Waals surface area contributed by atoms with E-state index in [9.17, 15) is 4.79 Å². The Morgan fingerprint density at radius 1 is 1.11 bits per heavy atom. The molecule has 2 rings (SSSR count). The number of nitrogens with two attached hydrogens (primary N) is 1. The lowest BCUT2D eigenvalue weighted by molar-refractivity contribution is -0.117. The highest BCUT2D eigenvalue weighted by atomic mass is 32.2. The van der Waals surface area contributed by atoms with Crippen molar-refractivity contribution in [1.82, 2.24) is 0 Å². The molecule has 2 aromatic rings. The van der Waals surface area contributed by atoms with E-state index in [2.05, 4.69) is 17.4 Å². The van der Waals surface area contributed by atoms with Crippen molar-refractivity contribution in [2.24, 2.45) is 5.73 Å². The normalized spacial score (nSPS) is 11.9. The van der Waals surface area contributed by atoms with Gasteiger partial charge in [0.1, 0.15) is 0 Å². The third-order valence-electron chi connectivity index (χ3n) is 2.49. The predicted octanol–water partition coefficient (Wildman–Crippen LogP) is 3.12. The molecule has 0 spiro atoms. The maximum absolute atomic E-state index is 11.5. The summed E-state index contributed by atoms with van der Waals surface area (Å²) >= 11 is 1.65. The van der Waals surface area contributed by atoms with Gasteiger partial charge in [-0.3, -0.25) is 4.79 Å². The average molecular weight is 272 g/mol. The van der Waals surface area contributed by atoms with E-state index < -0.39 is 6.04 Å². The van der Waals surface area contributed by atoms with Gasteiger partial charge >= 0.3 is 0 Å². The molecule has 1 amide bonds. The number of rotatable bonds is 4. The van der Waals surface area contributed by atoms with Gasteiger partial charge in [-0.05, 0) is 37.3 Å². The van der Waals surface area contributed by atoms with E-state index in [1.807, 2.05) is 42.5 Å². The van der Waals surface area contributed by atoms with Crippen LogP contribution in [-0.2, 0) is 4.79 Å².